The van der Waals surface area contributed by atoms with Crippen molar-refractivity contribution in [1.29, 1.82) is 0 Å². The van der Waals surface area contributed by atoms with Crippen LogP contribution in [0.4, 0.5) is 0 Å². The van der Waals surface area contributed by atoms with Crippen molar-refractivity contribution < 1.29 is 19.1 Å². The van der Waals surface area contributed by atoms with E-state index in [1.807, 2.05) is 0 Å². The van der Waals surface area contributed by atoms with Gasteiger partial charge in [0.15, 0.2) is 0 Å². The molecule has 0 saturated heterocycles. The van der Waals surface area contributed by atoms with Crippen molar-refractivity contribution in [3.05, 3.63) is 18.9 Å². The summed E-state index contributed by atoms with van der Waals surface area (Å²) in [5, 5.41) is 2.08. The predicted molar refractivity (Wildman–Crippen MR) is 53.2 cm³/mol. The molecule has 0 spiro atoms. The Balaban J connectivity index is 4.53. The number of Topliss-reactive ketones (excluding diaryl/α,β-unsaturated/α-hetero) is 1. The Bertz CT molecular complexity index is 281. The Kier molecular flexibility index (Phi) is 6.01. The Morgan fingerprint density at radius 2 is 2.07 bits per heavy atom. The van der Waals surface area contributed by atoms with Crippen molar-refractivity contribution in [3.63, 3.8) is 0 Å². The molecular weight excluding hydrogens is 198 g/mol. The number of ether oxygens (including phenoxy) is 1. The van der Waals surface area contributed by atoms with Gasteiger partial charge in [-0.15, -0.1) is 0 Å². The molecule has 0 aromatic carbocycles. The number of allylic oxidation sites excluding steroid dienone is 1. The summed E-state index contributed by atoms with van der Waals surface area (Å²) < 4.78 is 4.51. The lowest BCUT2D eigenvalue weighted by atomic mass is 10.1. The first kappa shape index (κ1) is 13.4. The molecule has 83 valence electrons. The molecule has 0 aliphatic heterocycles. The standard InChI is InChI=1S/C10H14NO4/c1-7(2)9(13)4-8(15-6-12)5-10(14)11-3/h5-7H,3-4H2,1-2H3,(H,11,14)/b8-5-. The molecule has 0 atom stereocenters. The molecule has 0 heterocycles. The summed E-state index contributed by atoms with van der Waals surface area (Å²) >= 11 is 0. The van der Waals surface area contributed by atoms with Gasteiger partial charge in [0.25, 0.3) is 6.47 Å². The van der Waals surface area contributed by atoms with E-state index in [-0.39, 0.29) is 30.4 Å². The van der Waals surface area contributed by atoms with Crippen molar-refractivity contribution in [2.24, 2.45) is 5.92 Å². The lowest BCUT2D eigenvalue weighted by molar-refractivity contribution is -0.126. The highest BCUT2D eigenvalue weighted by Gasteiger charge is 2.12. The van der Waals surface area contributed by atoms with Crippen LogP contribution in [0.25, 0.3) is 0 Å². The molecule has 5 nitrogen and oxygen atoms in total. The third-order valence-electron chi connectivity index (χ3n) is 1.66. The van der Waals surface area contributed by atoms with Crippen molar-refractivity contribution in [2.45, 2.75) is 20.3 Å². The third-order valence-corrected chi connectivity index (χ3v) is 1.66. The van der Waals surface area contributed by atoms with Gasteiger partial charge >= 0.3 is 0 Å². The molecule has 0 fully saturated rings. The number of ketones is 1. The first-order chi connectivity index (χ1) is 7.01. The normalized spacial score (nSPS) is 11.1. The maximum Gasteiger partial charge on any atom is 0.298 e. The Morgan fingerprint density at radius 3 is 2.47 bits per heavy atom. The van der Waals surface area contributed by atoms with Gasteiger partial charge in [0.1, 0.15) is 11.5 Å². The molecule has 0 aromatic rings. The second-order valence-electron chi connectivity index (χ2n) is 3.16. The molecule has 1 N–H and O–H groups in total. The third kappa shape index (κ3) is 5.61. The summed E-state index contributed by atoms with van der Waals surface area (Å²) in [6, 6.07) is 0. The predicted octanol–water partition coefficient (Wildman–Crippen LogP) is 0.566. The van der Waals surface area contributed by atoms with Crippen LogP contribution in [0.1, 0.15) is 20.3 Å². The average Bonchev–Trinajstić information content (AvgIpc) is 2.17. The molecule has 0 rings (SSSR count). The SMILES string of the molecule is [CH2]NC(=O)/C=C(/CC(=O)C(C)C)OC=O. The largest absolute Gasteiger partial charge is 0.433 e. The van der Waals surface area contributed by atoms with Gasteiger partial charge in [0, 0.05) is 19.0 Å². The fraction of sp³-hybridized carbons (Fsp3) is 0.400. The van der Waals surface area contributed by atoms with E-state index in [0.717, 1.165) is 6.08 Å². The topological polar surface area (TPSA) is 72.5 Å². The molecule has 0 aliphatic carbocycles. The quantitative estimate of drug-likeness (QED) is 0.397. The second kappa shape index (κ2) is 6.75. The minimum atomic E-state index is -0.525. The number of rotatable bonds is 6. The van der Waals surface area contributed by atoms with Crippen molar-refractivity contribution in [2.75, 3.05) is 0 Å². The Labute approximate surface area is 88.5 Å². The summed E-state index contributed by atoms with van der Waals surface area (Å²) in [5.74, 6) is -0.792. The van der Waals surface area contributed by atoms with E-state index >= 15 is 0 Å². The van der Waals surface area contributed by atoms with Crippen LogP contribution >= 0.6 is 0 Å². The smallest absolute Gasteiger partial charge is 0.298 e. The zero-order chi connectivity index (χ0) is 11.8. The molecular formula is C10H14NO4. The van der Waals surface area contributed by atoms with Gasteiger partial charge in [-0.05, 0) is 0 Å². The van der Waals surface area contributed by atoms with Crippen LogP contribution in [0, 0.1) is 13.0 Å². The lowest BCUT2D eigenvalue weighted by Crippen LogP contribution is -2.15. The van der Waals surface area contributed by atoms with Crippen LogP contribution in [0.5, 0.6) is 0 Å². The number of hydrogen-bond acceptors (Lipinski definition) is 4. The summed E-state index contributed by atoms with van der Waals surface area (Å²) in [6.45, 7) is 3.63. The van der Waals surface area contributed by atoms with E-state index < -0.39 is 5.91 Å². The lowest BCUT2D eigenvalue weighted by Gasteiger charge is -2.06. The fourth-order valence-corrected chi connectivity index (χ4v) is 0.762. The Hall–Kier alpha value is -1.65. The second-order valence-corrected chi connectivity index (χ2v) is 3.16. The van der Waals surface area contributed by atoms with Crippen LogP contribution < -0.4 is 5.32 Å². The highest BCUT2D eigenvalue weighted by molar-refractivity contribution is 5.90. The summed E-state index contributed by atoms with van der Waals surface area (Å²) in [5.41, 5.74) is 0. The molecule has 0 saturated carbocycles. The maximum absolute atomic E-state index is 11.3. The maximum atomic E-state index is 11.3. The van der Waals surface area contributed by atoms with E-state index in [1.165, 1.54) is 0 Å². The fourth-order valence-electron chi connectivity index (χ4n) is 0.762. The zero-order valence-corrected chi connectivity index (χ0v) is 8.78. The van der Waals surface area contributed by atoms with Crippen molar-refractivity contribution in [3.8, 4) is 0 Å². The molecule has 0 bridgehead atoms. The average molecular weight is 212 g/mol. The van der Waals surface area contributed by atoms with E-state index in [9.17, 15) is 14.4 Å². The summed E-state index contributed by atoms with van der Waals surface area (Å²) in [7, 11) is 3.14. The number of carbonyl (C=O) groups is 3. The van der Waals surface area contributed by atoms with Crippen molar-refractivity contribution >= 4 is 18.2 Å². The van der Waals surface area contributed by atoms with Gasteiger partial charge < -0.3 is 10.1 Å². The van der Waals surface area contributed by atoms with Crippen LogP contribution in [0.15, 0.2) is 11.8 Å². The van der Waals surface area contributed by atoms with Crippen LogP contribution in [-0.4, -0.2) is 18.2 Å². The molecule has 5 heteroatoms. The van der Waals surface area contributed by atoms with E-state index in [2.05, 4.69) is 17.1 Å². The van der Waals surface area contributed by atoms with Crippen LogP contribution in [0.2, 0.25) is 0 Å². The van der Waals surface area contributed by atoms with E-state index in [0.29, 0.717) is 0 Å². The van der Waals surface area contributed by atoms with Gasteiger partial charge in [-0.1, -0.05) is 13.8 Å². The van der Waals surface area contributed by atoms with Gasteiger partial charge in [0.05, 0.1) is 6.42 Å². The minimum Gasteiger partial charge on any atom is -0.433 e. The summed E-state index contributed by atoms with van der Waals surface area (Å²) in [4.78, 5) is 32.3. The Morgan fingerprint density at radius 1 is 1.47 bits per heavy atom. The van der Waals surface area contributed by atoms with Gasteiger partial charge in [0.2, 0.25) is 5.91 Å². The van der Waals surface area contributed by atoms with Gasteiger partial charge in [-0.3, -0.25) is 14.4 Å². The van der Waals surface area contributed by atoms with E-state index in [4.69, 9.17) is 0 Å². The number of nitrogens with one attached hydrogen (secondary N) is 1. The van der Waals surface area contributed by atoms with Crippen LogP contribution in [-0.2, 0) is 19.1 Å². The van der Waals surface area contributed by atoms with Crippen molar-refractivity contribution in [1.82, 2.24) is 5.32 Å². The highest BCUT2D eigenvalue weighted by atomic mass is 16.5. The van der Waals surface area contributed by atoms with Gasteiger partial charge in [-0.25, -0.2) is 0 Å². The van der Waals surface area contributed by atoms with E-state index in [1.54, 1.807) is 13.8 Å². The minimum absolute atomic E-state index is 0.0184. The molecule has 1 radical (unpaired) electrons. The molecule has 1 amide bonds. The molecule has 0 unspecified atom stereocenters. The number of carbonyl (C=O) groups excluding carboxylic acids is 3. The van der Waals surface area contributed by atoms with Crippen LogP contribution in [0.3, 0.4) is 0 Å². The number of hydrogen-bond donors (Lipinski definition) is 1. The highest BCUT2D eigenvalue weighted by Crippen LogP contribution is 2.08. The first-order valence-corrected chi connectivity index (χ1v) is 4.42. The molecule has 0 aromatic heterocycles. The summed E-state index contributed by atoms with van der Waals surface area (Å²) in [6.07, 6.45) is 0.950. The number of amides is 1. The monoisotopic (exact) mass is 212 g/mol. The molecule has 15 heavy (non-hydrogen) atoms. The first-order valence-electron chi connectivity index (χ1n) is 4.42. The van der Waals surface area contributed by atoms with Gasteiger partial charge in [-0.2, -0.15) is 0 Å². The molecule has 0 aliphatic rings. The zero-order valence-electron chi connectivity index (χ0n) is 8.78.